The van der Waals surface area contributed by atoms with Crippen LogP contribution in [0.2, 0.25) is 0 Å². The van der Waals surface area contributed by atoms with Crippen LogP contribution >= 0.6 is 11.3 Å². The second-order valence-corrected chi connectivity index (χ2v) is 6.52. The molecular weight excluding hydrogens is 357 g/mol. The number of aromatic nitrogens is 2. The first-order valence-corrected chi connectivity index (χ1v) is 8.24. The monoisotopic (exact) mass is 370 g/mol. The van der Waals surface area contributed by atoms with E-state index in [1.165, 1.54) is 0 Å². The lowest BCUT2D eigenvalue weighted by atomic mass is 9.89. The van der Waals surface area contributed by atoms with Gasteiger partial charge in [0.15, 0.2) is 0 Å². The van der Waals surface area contributed by atoms with Gasteiger partial charge in [-0.05, 0) is 24.5 Å². The molecule has 2 amide bonds. The van der Waals surface area contributed by atoms with Gasteiger partial charge in [0.2, 0.25) is 22.0 Å². The zero-order valence-corrected chi connectivity index (χ0v) is 13.6. The quantitative estimate of drug-likeness (QED) is 0.866. The molecule has 2 N–H and O–H groups in total. The summed E-state index contributed by atoms with van der Waals surface area (Å²) in [5.41, 5.74) is 1.76. The van der Waals surface area contributed by atoms with E-state index in [1.54, 1.807) is 0 Å². The van der Waals surface area contributed by atoms with Crippen molar-refractivity contribution >= 4 is 34.0 Å². The van der Waals surface area contributed by atoms with Crippen LogP contribution in [0.15, 0.2) is 24.3 Å². The second kappa shape index (κ2) is 6.79. The Morgan fingerprint density at radius 3 is 2.80 bits per heavy atom. The minimum Gasteiger partial charge on any atom is -0.326 e. The summed E-state index contributed by atoms with van der Waals surface area (Å²) in [4.78, 5) is 23.9. The maximum absolute atomic E-state index is 12.4. The van der Waals surface area contributed by atoms with Crippen molar-refractivity contribution in [3.8, 4) is 0 Å². The molecule has 1 aromatic carbocycles. The summed E-state index contributed by atoms with van der Waals surface area (Å²) in [5, 5.41) is 10.0. The minimum absolute atomic E-state index is 0.00118. The highest BCUT2D eigenvalue weighted by Gasteiger charge is 2.36. The number of anilines is 2. The Kier molecular flexibility index (Phi) is 4.71. The highest BCUT2D eigenvalue weighted by molar-refractivity contribution is 7.15. The van der Waals surface area contributed by atoms with Crippen LogP contribution in [0.4, 0.5) is 24.0 Å². The number of nitrogens with zero attached hydrogens (tertiary/aromatic N) is 2. The molecule has 1 unspecified atom stereocenters. The van der Waals surface area contributed by atoms with E-state index in [0.29, 0.717) is 6.42 Å². The van der Waals surface area contributed by atoms with Crippen LogP contribution in [0.5, 0.6) is 0 Å². The molecule has 6 nitrogen and oxygen atoms in total. The van der Waals surface area contributed by atoms with E-state index >= 15 is 0 Å². The molecule has 0 radical (unpaired) electrons. The lowest BCUT2D eigenvalue weighted by Gasteiger charge is -2.24. The van der Waals surface area contributed by atoms with Crippen molar-refractivity contribution in [2.24, 2.45) is 5.92 Å². The molecule has 1 aliphatic heterocycles. The Balaban J connectivity index is 1.54. The van der Waals surface area contributed by atoms with Crippen LogP contribution in [-0.4, -0.2) is 22.0 Å². The minimum atomic E-state index is -4.59. The van der Waals surface area contributed by atoms with Crippen molar-refractivity contribution in [2.75, 3.05) is 10.6 Å². The van der Waals surface area contributed by atoms with E-state index in [2.05, 4.69) is 20.8 Å². The number of fused-ring (bicyclic) bond motifs is 1. The van der Waals surface area contributed by atoms with E-state index in [4.69, 9.17) is 0 Å². The van der Waals surface area contributed by atoms with Gasteiger partial charge in [0.1, 0.15) is 0 Å². The number of halogens is 3. The molecule has 0 spiro atoms. The van der Waals surface area contributed by atoms with Crippen molar-refractivity contribution in [3.05, 3.63) is 34.8 Å². The van der Waals surface area contributed by atoms with Gasteiger partial charge < -0.3 is 10.6 Å². The van der Waals surface area contributed by atoms with Crippen LogP contribution in [0.1, 0.15) is 23.4 Å². The number of benzene rings is 1. The van der Waals surface area contributed by atoms with Gasteiger partial charge in [0.25, 0.3) is 0 Å². The number of hydrogen-bond acceptors (Lipinski definition) is 5. The average molecular weight is 370 g/mol. The molecule has 25 heavy (non-hydrogen) atoms. The third kappa shape index (κ3) is 4.13. The molecule has 3 rings (SSSR count). The molecule has 0 saturated heterocycles. The molecule has 2 heterocycles. The number of carbonyl (C=O) groups excluding carboxylic acids is 2. The highest BCUT2D eigenvalue weighted by atomic mass is 32.1. The largest absolute Gasteiger partial charge is 0.445 e. The fourth-order valence-corrected chi connectivity index (χ4v) is 3.15. The highest BCUT2D eigenvalue weighted by Crippen LogP contribution is 2.33. The van der Waals surface area contributed by atoms with Crippen molar-refractivity contribution in [1.82, 2.24) is 10.2 Å². The predicted molar refractivity (Wildman–Crippen MR) is 85.0 cm³/mol. The third-order valence-corrected chi connectivity index (χ3v) is 4.63. The third-order valence-electron chi connectivity index (χ3n) is 3.75. The van der Waals surface area contributed by atoms with Gasteiger partial charge in [-0.1, -0.05) is 29.5 Å². The molecule has 1 aromatic heterocycles. The van der Waals surface area contributed by atoms with Crippen LogP contribution in [0, 0.1) is 5.92 Å². The van der Waals surface area contributed by atoms with E-state index in [9.17, 15) is 22.8 Å². The summed E-state index contributed by atoms with van der Waals surface area (Å²) in [6, 6.07) is 7.41. The van der Waals surface area contributed by atoms with Gasteiger partial charge in [-0.3, -0.25) is 9.59 Å². The number of carbonyl (C=O) groups is 2. The summed E-state index contributed by atoms with van der Waals surface area (Å²) in [7, 11) is 0. The fraction of sp³-hybridized carbons (Fsp3) is 0.333. The first kappa shape index (κ1) is 17.3. The SMILES string of the molecule is O=C(CCC1Cc2ccccc2NC1=O)Nc1nnc(C(F)(F)F)s1. The van der Waals surface area contributed by atoms with Gasteiger partial charge in [0, 0.05) is 18.0 Å². The first-order valence-electron chi connectivity index (χ1n) is 7.42. The van der Waals surface area contributed by atoms with Crippen molar-refractivity contribution < 1.29 is 22.8 Å². The van der Waals surface area contributed by atoms with Crippen molar-refractivity contribution in [2.45, 2.75) is 25.4 Å². The molecule has 1 atom stereocenters. The van der Waals surface area contributed by atoms with Crippen molar-refractivity contribution in [1.29, 1.82) is 0 Å². The van der Waals surface area contributed by atoms with E-state index in [-0.39, 0.29) is 41.1 Å². The molecular formula is C15H13F3N4O2S. The standard InChI is InChI=1S/C15H13F3N4O2S/c16-15(17,18)13-21-22-14(25-13)20-11(23)6-5-9-7-8-3-1-2-4-10(8)19-12(9)24/h1-4,9H,5-7H2,(H,19,24)(H,20,22,23). The van der Waals surface area contributed by atoms with E-state index < -0.39 is 17.1 Å². The molecule has 0 saturated carbocycles. The average Bonchev–Trinajstić information content (AvgIpc) is 3.01. The van der Waals surface area contributed by atoms with Crippen LogP contribution in [0.25, 0.3) is 0 Å². The van der Waals surface area contributed by atoms with Gasteiger partial charge >= 0.3 is 6.18 Å². The Labute approximate surface area is 144 Å². The fourth-order valence-electron chi connectivity index (χ4n) is 2.52. The zero-order valence-electron chi connectivity index (χ0n) is 12.8. The molecule has 0 aliphatic carbocycles. The topological polar surface area (TPSA) is 84.0 Å². The molecule has 132 valence electrons. The van der Waals surface area contributed by atoms with Gasteiger partial charge in [-0.25, -0.2) is 0 Å². The van der Waals surface area contributed by atoms with Crippen LogP contribution in [0.3, 0.4) is 0 Å². The maximum Gasteiger partial charge on any atom is 0.445 e. The molecule has 10 heteroatoms. The Morgan fingerprint density at radius 2 is 2.08 bits per heavy atom. The van der Waals surface area contributed by atoms with Gasteiger partial charge in [0.05, 0.1) is 0 Å². The number of nitrogens with one attached hydrogen (secondary N) is 2. The second-order valence-electron chi connectivity index (χ2n) is 5.54. The zero-order chi connectivity index (χ0) is 18.0. The Bertz CT molecular complexity index is 806. The number of para-hydroxylation sites is 1. The molecule has 2 aromatic rings. The summed E-state index contributed by atoms with van der Waals surface area (Å²) in [5.74, 6) is -1.03. The lowest BCUT2D eigenvalue weighted by molar-refractivity contribution is -0.138. The Morgan fingerprint density at radius 1 is 1.32 bits per heavy atom. The number of hydrogen-bond donors (Lipinski definition) is 2. The summed E-state index contributed by atoms with van der Waals surface area (Å²) >= 11 is 0.262. The molecule has 0 fully saturated rings. The van der Waals surface area contributed by atoms with Crippen LogP contribution < -0.4 is 10.6 Å². The normalized spacial score (nSPS) is 16.9. The number of rotatable bonds is 4. The van der Waals surface area contributed by atoms with Crippen LogP contribution in [-0.2, 0) is 22.2 Å². The van der Waals surface area contributed by atoms with E-state index in [0.717, 1.165) is 11.3 Å². The van der Waals surface area contributed by atoms with E-state index in [1.807, 2.05) is 24.3 Å². The number of amides is 2. The number of alkyl halides is 3. The first-order chi connectivity index (χ1) is 11.8. The summed E-state index contributed by atoms with van der Waals surface area (Å²) < 4.78 is 37.3. The summed E-state index contributed by atoms with van der Waals surface area (Å²) in [6.07, 6.45) is -3.78. The lowest BCUT2D eigenvalue weighted by Crippen LogP contribution is -2.30. The predicted octanol–water partition coefficient (Wildman–Crippen LogP) is 3.09. The summed E-state index contributed by atoms with van der Waals surface area (Å²) in [6.45, 7) is 0. The van der Waals surface area contributed by atoms with Gasteiger partial charge in [-0.2, -0.15) is 13.2 Å². The smallest absolute Gasteiger partial charge is 0.326 e. The van der Waals surface area contributed by atoms with Gasteiger partial charge in [-0.15, -0.1) is 10.2 Å². The maximum atomic E-state index is 12.4. The Hall–Kier alpha value is -2.49. The molecule has 1 aliphatic rings. The van der Waals surface area contributed by atoms with Crippen molar-refractivity contribution in [3.63, 3.8) is 0 Å². The molecule has 0 bridgehead atoms.